The summed E-state index contributed by atoms with van der Waals surface area (Å²) >= 11 is 6.29. The number of hydrogen-bond acceptors (Lipinski definition) is 2. The number of nitrogens with zero attached hydrogens (tertiary/aromatic N) is 1. The molecule has 0 saturated heterocycles. The molecule has 0 aliphatic heterocycles. The number of aliphatic carboxylic acids is 1. The Balaban J connectivity index is 1.68. The maximum atomic E-state index is 13.8. The molecule has 1 amide bonds. The van der Waals surface area contributed by atoms with Gasteiger partial charge < -0.3 is 15.0 Å². The van der Waals surface area contributed by atoms with Crippen molar-refractivity contribution in [2.45, 2.75) is 44.2 Å². The number of carboxylic acids is 1. The number of amides is 1. The summed E-state index contributed by atoms with van der Waals surface area (Å²) < 4.78 is 43.2. The quantitative estimate of drug-likeness (QED) is 0.356. The van der Waals surface area contributed by atoms with Crippen molar-refractivity contribution in [2.24, 2.45) is 18.9 Å². The van der Waals surface area contributed by atoms with Crippen LogP contribution in [0, 0.1) is 11.8 Å². The van der Waals surface area contributed by atoms with Gasteiger partial charge in [0.25, 0.3) is 0 Å². The molecule has 9 heteroatoms. The van der Waals surface area contributed by atoms with E-state index >= 15 is 0 Å². The van der Waals surface area contributed by atoms with E-state index in [1.54, 1.807) is 54.2 Å². The highest BCUT2D eigenvalue weighted by Crippen LogP contribution is 2.46. The molecule has 1 saturated carbocycles. The molecule has 1 heterocycles. The minimum atomic E-state index is -4.60. The molecule has 3 atom stereocenters. The molecule has 0 radical (unpaired) electrons. The number of carboxylic acid groups (broad SMARTS) is 1. The molecular formula is C26H26ClF3N2O3. The van der Waals surface area contributed by atoms with Crippen molar-refractivity contribution in [3.05, 3.63) is 64.8 Å². The number of hydrogen-bond donors (Lipinski definition) is 2. The molecule has 0 unspecified atom stereocenters. The lowest BCUT2D eigenvalue weighted by molar-refractivity contribution is -0.178. The normalized spacial score (nSPS) is 16.6. The van der Waals surface area contributed by atoms with Crippen molar-refractivity contribution >= 4 is 40.1 Å². The second-order valence-electron chi connectivity index (χ2n) is 9.32. The number of nitrogens with one attached hydrogen (secondary N) is 1. The topological polar surface area (TPSA) is 71.3 Å². The molecular weight excluding hydrogens is 481 g/mol. The van der Waals surface area contributed by atoms with Crippen molar-refractivity contribution in [3.8, 4) is 0 Å². The van der Waals surface area contributed by atoms with E-state index in [0.29, 0.717) is 5.56 Å². The number of carbonyl (C=O) groups is 2. The lowest BCUT2D eigenvalue weighted by Crippen LogP contribution is -2.34. The zero-order chi connectivity index (χ0) is 25.5. The first-order valence-electron chi connectivity index (χ1n) is 11.4. The lowest BCUT2D eigenvalue weighted by Gasteiger charge is -2.26. The van der Waals surface area contributed by atoms with Gasteiger partial charge in [-0.1, -0.05) is 36.7 Å². The fourth-order valence-electron chi connectivity index (χ4n) is 4.65. The average molecular weight is 507 g/mol. The van der Waals surface area contributed by atoms with Gasteiger partial charge in [-0.05, 0) is 65.5 Å². The average Bonchev–Trinajstić information content (AvgIpc) is 3.56. The van der Waals surface area contributed by atoms with Gasteiger partial charge in [-0.25, -0.2) is 0 Å². The Morgan fingerprint density at radius 1 is 1.14 bits per heavy atom. The first kappa shape index (κ1) is 25.1. The van der Waals surface area contributed by atoms with E-state index in [1.807, 2.05) is 6.07 Å². The van der Waals surface area contributed by atoms with Gasteiger partial charge in [0.05, 0.1) is 29.0 Å². The largest absolute Gasteiger partial charge is 0.481 e. The SMILES string of the molecule is C[C@H]([C@@H](C(=O)Nc1cc([C@@H](CC(=O)O)C2CC2)ccc1Cl)c1ccc2ccn(C)c2c1)C(F)(F)F. The molecule has 3 aromatic rings. The summed E-state index contributed by atoms with van der Waals surface area (Å²) in [6.45, 7) is 0.994. The van der Waals surface area contributed by atoms with Crippen LogP contribution in [-0.2, 0) is 16.6 Å². The third-order valence-electron chi connectivity index (χ3n) is 6.83. The maximum Gasteiger partial charge on any atom is 0.392 e. The fourth-order valence-corrected chi connectivity index (χ4v) is 4.82. The Morgan fingerprint density at radius 2 is 1.83 bits per heavy atom. The van der Waals surface area contributed by atoms with Crippen molar-refractivity contribution in [2.75, 3.05) is 5.32 Å². The van der Waals surface area contributed by atoms with Crippen molar-refractivity contribution in [3.63, 3.8) is 0 Å². The monoisotopic (exact) mass is 506 g/mol. The molecule has 35 heavy (non-hydrogen) atoms. The summed E-state index contributed by atoms with van der Waals surface area (Å²) in [5, 5.41) is 12.9. The fraction of sp³-hybridized carbons (Fsp3) is 0.385. The van der Waals surface area contributed by atoms with Crippen LogP contribution in [0.2, 0.25) is 5.02 Å². The van der Waals surface area contributed by atoms with E-state index in [-0.39, 0.29) is 34.5 Å². The zero-order valence-corrected chi connectivity index (χ0v) is 20.0. The van der Waals surface area contributed by atoms with Gasteiger partial charge in [0.15, 0.2) is 0 Å². The van der Waals surface area contributed by atoms with Crippen LogP contribution >= 0.6 is 11.6 Å². The van der Waals surface area contributed by atoms with Gasteiger partial charge >= 0.3 is 12.1 Å². The third-order valence-corrected chi connectivity index (χ3v) is 7.16. The van der Waals surface area contributed by atoms with Gasteiger partial charge in [0.2, 0.25) is 5.91 Å². The highest BCUT2D eigenvalue weighted by Gasteiger charge is 2.45. The summed E-state index contributed by atoms with van der Waals surface area (Å²) in [5.74, 6) is -5.24. The van der Waals surface area contributed by atoms with Crippen molar-refractivity contribution in [1.82, 2.24) is 4.57 Å². The van der Waals surface area contributed by atoms with Crippen LogP contribution < -0.4 is 5.32 Å². The first-order valence-corrected chi connectivity index (χ1v) is 11.8. The van der Waals surface area contributed by atoms with E-state index in [4.69, 9.17) is 11.6 Å². The highest BCUT2D eigenvalue weighted by atomic mass is 35.5. The molecule has 2 aromatic carbocycles. The summed E-state index contributed by atoms with van der Waals surface area (Å²) in [7, 11) is 1.78. The summed E-state index contributed by atoms with van der Waals surface area (Å²) in [5.41, 5.74) is 1.83. The van der Waals surface area contributed by atoms with E-state index in [9.17, 15) is 27.9 Å². The maximum absolute atomic E-state index is 13.8. The molecule has 1 aromatic heterocycles. The van der Waals surface area contributed by atoms with Gasteiger partial charge in [-0.2, -0.15) is 13.2 Å². The van der Waals surface area contributed by atoms with E-state index in [1.165, 1.54) is 0 Å². The number of benzene rings is 2. The van der Waals surface area contributed by atoms with E-state index in [0.717, 1.165) is 30.7 Å². The molecule has 4 rings (SSSR count). The van der Waals surface area contributed by atoms with Gasteiger partial charge in [-0.3, -0.25) is 9.59 Å². The van der Waals surface area contributed by atoms with Crippen LogP contribution in [0.1, 0.15) is 49.1 Å². The number of anilines is 1. The second kappa shape index (κ2) is 9.57. The summed E-state index contributed by atoms with van der Waals surface area (Å²) in [4.78, 5) is 24.7. The number of alkyl halides is 3. The minimum Gasteiger partial charge on any atom is -0.481 e. The van der Waals surface area contributed by atoms with E-state index in [2.05, 4.69) is 5.32 Å². The Kier molecular flexibility index (Phi) is 6.86. The molecule has 186 valence electrons. The van der Waals surface area contributed by atoms with Crippen molar-refractivity contribution < 1.29 is 27.9 Å². The van der Waals surface area contributed by atoms with Gasteiger partial charge in [-0.15, -0.1) is 0 Å². The molecule has 1 aliphatic rings. The Morgan fingerprint density at radius 3 is 2.46 bits per heavy atom. The first-order chi connectivity index (χ1) is 16.5. The summed E-state index contributed by atoms with van der Waals surface area (Å²) in [6.07, 6.45) is -1.04. The molecule has 1 fully saturated rings. The molecule has 2 N–H and O–H groups in total. The predicted octanol–water partition coefficient (Wildman–Crippen LogP) is 6.72. The second-order valence-corrected chi connectivity index (χ2v) is 9.73. The van der Waals surface area contributed by atoms with Crippen LogP contribution in [0.25, 0.3) is 10.9 Å². The van der Waals surface area contributed by atoms with Gasteiger partial charge in [0.1, 0.15) is 0 Å². The molecule has 0 bridgehead atoms. The van der Waals surface area contributed by atoms with Crippen LogP contribution in [0.3, 0.4) is 0 Å². The van der Waals surface area contributed by atoms with Crippen molar-refractivity contribution in [1.29, 1.82) is 0 Å². The predicted molar refractivity (Wildman–Crippen MR) is 129 cm³/mol. The minimum absolute atomic E-state index is 0.0654. The smallest absolute Gasteiger partial charge is 0.392 e. The van der Waals surface area contributed by atoms with Crippen LogP contribution in [0.15, 0.2) is 48.7 Å². The van der Waals surface area contributed by atoms with Crippen LogP contribution in [-0.4, -0.2) is 27.7 Å². The number of halogens is 4. The lowest BCUT2D eigenvalue weighted by atomic mass is 9.85. The number of carbonyl (C=O) groups excluding carboxylic acids is 1. The van der Waals surface area contributed by atoms with Crippen LogP contribution in [0.4, 0.5) is 18.9 Å². The van der Waals surface area contributed by atoms with Crippen LogP contribution in [0.5, 0.6) is 0 Å². The van der Waals surface area contributed by atoms with E-state index < -0.39 is 29.9 Å². The Bertz CT molecular complexity index is 1270. The number of fused-ring (bicyclic) bond motifs is 1. The number of aryl methyl sites for hydroxylation is 1. The molecule has 5 nitrogen and oxygen atoms in total. The van der Waals surface area contributed by atoms with Gasteiger partial charge in [0, 0.05) is 18.8 Å². The molecule has 0 spiro atoms. The number of aromatic nitrogens is 1. The zero-order valence-electron chi connectivity index (χ0n) is 19.3. The summed E-state index contributed by atoms with van der Waals surface area (Å²) in [6, 6.07) is 11.5. The third kappa shape index (κ3) is 5.48. The molecule has 1 aliphatic carbocycles. The Hall–Kier alpha value is -3.00. The standard InChI is InChI=1S/C26H26ClF3N2O3/c1-14(26(28,29)30)24(18-6-5-16-9-10-32(2)22(16)12-18)25(35)31-21-11-17(7-8-20(21)27)19(13-23(33)34)15-3-4-15/h5-12,14-15,19,24H,3-4,13H2,1-2H3,(H,31,35)(H,33,34)/t14-,19+,24-/m1/s1. The number of rotatable bonds is 8. The highest BCUT2D eigenvalue weighted by molar-refractivity contribution is 6.33. The Labute approximate surface area is 205 Å².